The average Bonchev–Trinajstić information content (AvgIpc) is 3.21. The Morgan fingerprint density at radius 3 is 2.62 bits per heavy atom. The van der Waals surface area contributed by atoms with E-state index in [1.165, 1.54) is 47.6 Å². The summed E-state index contributed by atoms with van der Waals surface area (Å²) in [7, 11) is 4.21. The lowest BCUT2D eigenvalue weighted by atomic mass is 10.1. The molecule has 3 aromatic rings. The Kier molecular flexibility index (Phi) is 6.04. The molecule has 32 heavy (non-hydrogen) atoms. The summed E-state index contributed by atoms with van der Waals surface area (Å²) in [6, 6.07) is 26.7. The van der Waals surface area contributed by atoms with Crippen molar-refractivity contribution in [3.8, 4) is 5.75 Å². The van der Waals surface area contributed by atoms with Gasteiger partial charge in [0.2, 0.25) is 0 Å². The summed E-state index contributed by atoms with van der Waals surface area (Å²) in [5.74, 6) is 0.980. The lowest BCUT2D eigenvalue weighted by molar-refractivity contribution is 0.261. The van der Waals surface area contributed by atoms with Gasteiger partial charge in [0.15, 0.2) is 0 Å². The quantitative estimate of drug-likeness (QED) is 0.518. The number of nitrogens with zero attached hydrogens (tertiary/aromatic N) is 3. The van der Waals surface area contributed by atoms with E-state index in [9.17, 15) is 0 Å². The van der Waals surface area contributed by atoms with Crippen molar-refractivity contribution in [2.75, 3.05) is 43.5 Å². The maximum Gasteiger partial charge on any atom is 0.143 e. The van der Waals surface area contributed by atoms with Crippen molar-refractivity contribution < 1.29 is 4.74 Å². The molecule has 1 atom stereocenters. The Morgan fingerprint density at radius 1 is 0.938 bits per heavy atom. The van der Waals surface area contributed by atoms with Crippen LogP contribution < -0.4 is 14.5 Å². The number of anilines is 3. The molecule has 2 aliphatic heterocycles. The first-order chi connectivity index (χ1) is 15.7. The van der Waals surface area contributed by atoms with Gasteiger partial charge in [-0.1, -0.05) is 42.5 Å². The second kappa shape index (κ2) is 9.25. The van der Waals surface area contributed by atoms with Gasteiger partial charge in [0.05, 0.1) is 5.69 Å². The molecule has 0 N–H and O–H groups in total. The molecule has 0 aliphatic carbocycles. The summed E-state index contributed by atoms with van der Waals surface area (Å²) in [4.78, 5) is 7.37. The van der Waals surface area contributed by atoms with E-state index < -0.39 is 0 Å². The second-order valence-corrected chi connectivity index (χ2v) is 9.14. The van der Waals surface area contributed by atoms with Crippen LogP contribution in [0.5, 0.6) is 5.75 Å². The average molecular weight is 428 g/mol. The first-order valence-corrected chi connectivity index (χ1v) is 11.8. The smallest absolute Gasteiger partial charge is 0.143 e. The molecular formula is C28H33N3O. The van der Waals surface area contributed by atoms with Crippen LogP contribution in [-0.4, -0.2) is 44.7 Å². The first-order valence-electron chi connectivity index (χ1n) is 11.8. The number of likely N-dealkylation sites (tertiary alicyclic amines) is 1. The molecule has 4 heteroatoms. The van der Waals surface area contributed by atoms with Crippen LogP contribution in [0.15, 0.2) is 72.8 Å². The van der Waals surface area contributed by atoms with Gasteiger partial charge in [-0.15, -0.1) is 0 Å². The number of hydrogen-bond donors (Lipinski definition) is 0. The summed E-state index contributed by atoms with van der Waals surface area (Å²) >= 11 is 0. The zero-order chi connectivity index (χ0) is 21.9. The number of fused-ring (bicyclic) bond motifs is 2. The van der Waals surface area contributed by atoms with Crippen molar-refractivity contribution >= 4 is 17.1 Å². The number of ether oxygens (including phenoxy) is 1. The van der Waals surface area contributed by atoms with Crippen LogP contribution in [0.3, 0.4) is 0 Å². The van der Waals surface area contributed by atoms with E-state index in [0.29, 0.717) is 12.6 Å². The minimum atomic E-state index is 0.547. The van der Waals surface area contributed by atoms with Crippen molar-refractivity contribution in [3.63, 3.8) is 0 Å². The van der Waals surface area contributed by atoms with E-state index in [4.69, 9.17) is 4.74 Å². The molecule has 1 saturated heterocycles. The highest BCUT2D eigenvalue weighted by atomic mass is 16.5. The molecule has 0 spiro atoms. The Morgan fingerprint density at radius 2 is 1.75 bits per heavy atom. The van der Waals surface area contributed by atoms with Gasteiger partial charge in [-0.05, 0) is 61.7 Å². The third kappa shape index (κ3) is 4.33. The number of para-hydroxylation sites is 3. The molecule has 4 nitrogen and oxygen atoms in total. The monoisotopic (exact) mass is 427 g/mol. The molecule has 0 aromatic heterocycles. The van der Waals surface area contributed by atoms with Gasteiger partial charge < -0.3 is 14.5 Å². The topological polar surface area (TPSA) is 19.0 Å². The third-order valence-electron chi connectivity index (χ3n) is 6.83. The molecular weight excluding hydrogens is 394 g/mol. The molecule has 3 aromatic carbocycles. The van der Waals surface area contributed by atoms with E-state index in [0.717, 1.165) is 25.3 Å². The standard InChI is InChI=1S/C28H33N3O/c1-29(2)24-11-7-9-22(19-24)16-18-30-17-8-12-25(30)20-31-26-13-4-3-10-23(26)21-32-28-15-6-5-14-27(28)31/h3-7,9-11,13-15,19,25H,8,12,16-18,20-21H2,1-2H3/t25-/m1/s1. The van der Waals surface area contributed by atoms with Crippen LogP contribution >= 0.6 is 0 Å². The molecule has 2 heterocycles. The molecule has 5 rings (SSSR count). The van der Waals surface area contributed by atoms with Crippen molar-refractivity contribution in [1.29, 1.82) is 0 Å². The maximum atomic E-state index is 6.17. The van der Waals surface area contributed by atoms with Crippen LogP contribution in [-0.2, 0) is 13.0 Å². The van der Waals surface area contributed by atoms with Crippen LogP contribution in [0, 0.1) is 0 Å². The minimum absolute atomic E-state index is 0.547. The van der Waals surface area contributed by atoms with E-state index in [2.05, 4.69) is 102 Å². The molecule has 0 unspecified atom stereocenters. The lowest BCUT2D eigenvalue weighted by Gasteiger charge is -2.32. The Balaban J connectivity index is 1.35. The van der Waals surface area contributed by atoms with Gasteiger partial charge in [0, 0.05) is 50.2 Å². The van der Waals surface area contributed by atoms with Crippen LogP contribution in [0.4, 0.5) is 17.1 Å². The van der Waals surface area contributed by atoms with Gasteiger partial charge in [-0.2, -0.15) is 0 Å². The highest BCUT2D eigenvalue weighted by Gasteiger charge is 2.29. The first kappa shape index (κ1) is 20.9. The SMILES string of the molecule is CN(C)c1cccc(CCN2CCC[C@@H]2CN2c3ccccc3COc3ccccc32)c1. The molecule has 1 fully saturated rings. The summed E-state index contributed by atoms with van der Waals surface area (Å²) in [5.41, 5.74) is 6.42. The summed E-state index contributed by atoms with van der Waals surface area (Å²) in [6.45, 7) is 3.91. The maximum absolute atomic E-state index is 6.17. The van der Waals surface area contributed by atoms with Crippen molar-refractivity contribution in [2.45, 2.75) is 31.9 Å². The Bertz CT molecular complexity index is 1020. The van der Waals surface area contributed by atoms with Gasteiger partial charge >= 0.3 is 0 Å². The van der Waals surface area contributed by atoms with Crippen molar-refractivity contribution in [2.24, 2.45) is 0 Å². The lowest BCUT2D eigenvalue weighted by Crippen LogP contribution is -2.39. The number of hydrogen-bond acceptors (Lipinski definition) is 4. The third-order valence-corrected chi connectivity index (χ3v) is 6.83. The van der Waals surface area contributed by atoms with Crippen LogP contribution in [0.1, 0.15) is 24.0 Å². The van der Waals surface area contributed by atoms with E-state index in [1.54, 1.807) is 0 Å². The Hall–Kier alpha value is -2.98. The van der Waals surface area contributed by atoms with Gasteiger partial charge in [0.25, 0.3) is 0 Å². The van der Waals surface area contributed by atoms with Crippen LogP contribution in [0.25, 0.3) is 0 Å². The molecule has 0 radical (unpaired) electrons. The summed E-state index contributed by atoms with van der Waals surface area (Å²) in [6.07, 6.45) is 3.62. The molecule has 166 valence electrons. The summed E-state index contributed by atoms with van der Waals surface area (Å²) < 4.78 is 6.17. The van der Waals surface area contributed by atoms with Crippen molar-refractivity contribution in [1.82, 2.24) is 4.90 Å². The molecule has 2 aliphatic rings. The van der Waals surface area contributed by atoms with E-state index in [1.807, 2.05) is 0 Å². The fourth-order valence-corrected chi connectivity index (χ4v) is 5.05. The van der Waals surface area contributed by atoms with Crippen LogP contribution in [0.2, 0.25) is 0 Å². The predicted molar refractivity (Wildman–Crippen MR) is 133 cm³/mol. The normalized spacial score (nSPS) is 17.9. The fourth-order valence-electron chi connectivity index (χ4n) is 5.05. The minimum Gasteiger partial charge on any atom is -0.487 e. The van der Waals surface area contributed by atoms with Gasteiger partial charge in [-0.3, -0.25) is 4.90 Å². The van der Waals surface area contributed by atoms with E-state index >= 15 is 0 Å². The molecule has 0 amide bonds. The van der Waals surface area contributed by atoms with Gasteiger partial charge in [-0.25, -0.2) is 0 Å². The fraction of sp³-hybridized carbons (Fsp3) is 0.357. The zero-order valence-electron chi connectivity index (χ0n) is 19.2. The zero-order valence-corrected chi connectivity index (χ0v) is 19.2. The second-order valence-electron chi connectivity index (χ2n) is 9.14. The molecule has 0 bridgehead atoms. The summed E-state index contributed by atoms with van der Waals surface area (Å²) in [5, 5.41) is 0. The van der Waals surface area contributed by atoms with Gasteiger partial charge in [0.1, 0.15) is 12.4 Å². The van der Waals surface area contributed by atoms with E-state index in [-0.39, 0.29) is 0 Å². The largest absolute Gasteiger partial charge is 0.487 e. The Labute approximate surface area is 192 Å². The highest BCUT2D eigenvalue weighted by molar-refractivity contribution is 5.72. The van der Waals surface area contributed by atoms with Crippen molar-refractivity contribution in [3.05, 3.63) is 83.9 Å². The molecule has 0 saturated carbocycles. The highest BCUT2D eigenvalue weighted by Crippen LogP contribution is 2.40. The predicted octanol–water partition coefficient (Wildman–Crippen LogP) is 5.49. The number of benzene rings is 3. The number of rotatable bonds is 6.